The molecule has 0 aliphatic heterocycles. The van der Waals surface area contributed by atoms with Crippen LogP contribution in [-0.2, 0) is 19.3 Å². The number of aromatic nitrogens is 5. The lowest BCUT2D eigenvalue weighted by Gasteiger charge is -2.12. The number of imidazole rings is 1. The minimum Gasteiger partial charge on any atom is -0.354 e. The van der Waals surface area contributed by atoms with Gasteiger partial charge in [-0.05, 0) is 36.2 Å². The maximum atomic E-state index is 13.0. The number of para-hydroxylation sites is 1. The van der Waals surface area contributed by atoms with E-state index in [1.807, 2.05) is 41.1 Å². The molecule has 0 saturated carbocycles. The minimum absolute atomic E-state index is 0.124. The Balaban J connectivity index is 1.45. The Hall–Kier alpha value is -4.15. The Morgan fingerprint density at radius 1 is 0.853 bits per heavy atom. The Morgan fingerprint density at radius 2 is 1.62 bits per heavy atom. The Bertz CT molecular complexity index is 1180. The number of nitrogens with one attached hydrogen (secondary N) is 3. The summed E-state index contributed by atoms with van der Waals surface area (Å²) in [5.74, 6) is 0.901. The van der Waals surface area contributed by atoms with Gasteiger partial charge >= 0.3 is 6.18 Å². The second-order valence-electron chi connectivity index (χ2n) is 7.43. The first-order valence-electron chi connectivity index (χ1n) is 10.6. The summed E-state index contributed by atoms with van der Waals surface area (Å²) < 4.78 is 41.0. The van der Waals surface area contributed by atoms with E-state index in [-0.39, 0.29) is 12.5 Å². The molecule has 3 N–H and O–H groups in total. The molecule has 0 unspecified atom stereocenters. The third kappa shape index (κ3) is 6.67. The Morgan fingerprint density at radius 3 is 2.35 bits per heavy atom. The summed E-state index contributed by atoms with van der Waals surface area (Å²) >= 11 is 0. The first kappa shape index (κ1) is 23.0. The van der Waals surface area contributed by atoms with Crippen LogP contribution >= 0.6 is 0 Å². The number of hydrogen-bond donors (Lipinski definition) is 3. The van der Waals surface area contributed by atoms with Crippen molar-refractivity contribution in [3.8, 4) is 0 Å². The van der Waals surface area contributed by atoms with Crippen molar-refractivity contribution in [2.45, 2.75) is 25.7 Å². The van der Waals surface area contributed by atoms with Crippen LogP contribution in [0.1, 0.15) is 17.5 Å². The molecule has 8 nitrogen and oxygen atoms in total. The van der Waals surface area contributed by atoms with E-state index in [4.69, 9.17) is 0 Å². The van der Waals surface area contributed by atoms with Gasteiger partial charge in [0.05, 0.1) is 11.9 Å². The fourth-order valence-corrected chi connectivity index (χ4v) is 3.16. The molecule has 11 heteroatoms. The van der Waals surface area contributed by atoms with Crippen molar-refractivity contribution < 1.29 is 13.2 Å². The number of halogens is 3. The number of rotatable bonds is 10. The molecule has 0 aliphatic carbocycles. The van der Waals surface area contributed by atoms with Gasteiger partial charge in [0.15, 0.2) is 0 Å². The van der Waals surface area contributed by atoms with Crippen LogP contribution in [0.3, 0.4) is 0 Å². The predicted octanol–water partition coefficient (Wildman–Crippen LogP) is 4.94. The summed E-state index contributed by atoms with van der Waals surface area (Å²) in [5.41, 5.74) is 0.556. The lowest BCUT2D eigenvalue weighted by atomic mass is 10.1. The Labute approximate surface area is 194 Å². The van der Waals surface area contributed by atoms with Gasteiger partial charge in [0.25, 0.3) is 0 Å². The smallest absolute Gasteiger partial charge is 0.354 e. The third-order valence-electron chi connectivity index (χ3n) is 4.81. The second kappa shape index (κ2) is 10.6. The number of alkyl halides is 3. The summed E-state index contributed by atoms with van der Waals surface area (Å²) in [6.07, 6.45) is 1.78. The Kier molecular flexibility index (Phi) is 7.21. The van der Waals surface area contributed by atoms with Crippen LogP contribution < -0.4 is 16.0 Å². The zero-order valence-electron chi connectivity index (χ0n) is 18.1. The summed E-state index contributed by atoms with van der Waals surface area (Å²) in [4.78, 5) is 17.2. The van der Waals surface area contributed by atoms with Crippen LogP contribution in [0.4, 0.5) is 36.7 Å². The zero-order chi connectivity index (χ0) is 23.8. The summed E-state index contributed by atoms with van der Waals surface area (Å²) in [6, 6.07) is 14.5. The van der Waals surface area contributed by atoms with Crippen LogP contribution in [0.25, 0.3) is 0 Å². The quantitative estimate of drug-likeness (QED) is 0.284. The van der Waals surface area contributed by atoms with E-state index < -0.39 is 11.7 Å². The highest BCUT2D eigenvalue weighted by Gasteiger charge is 2.30. The van der Waals surface area contributed by atoms with Crippen molar-refractivity contribution in [3.63, 3.8) is 0 Å². The van der Waals surface area contributed by atoms with Crippen molar-refractivity contribution in [3.05, 3.63) is 84.4 Å². The molecule has 4 aromatic rings. The molecule has 176 valence electrons. The zero-order valence-corrected chi connectivity index (χ0v) is 18.1. The number of nitrogens with zero attached hydrogens (tertiary/aromatic N) is 5. The second-order valence-corrected chi connectivity index (χ2v) is 7.43. The van der Waals surface area contributed by atoms with Gasteiger partial charge in [-0.3, -0.25) is 0 Å². The molecule has 0 spiro atoms. The van der Waals surface area contributed by atoms with Gasteiger partial charge in [-0.1, -0.05) is 30.3 Å². The van der Waals surface area contributed by atoms with Crippen LogP contribution in [0.2, 0.25) is 0 Å². The molecule has 4 rings (SSSR count). The van der Waals surface area contributed by atoms with Gasteiger partial charge in [-0.2, -0.15) is 28.1 Å². The lowest BCUT2D eigenvalue weighted by Crippen LogP contribution is -2.13. The molecule has 2 heterocycles. The standard InChI is InChI=1S/C23H23F3N8/c24-23(25,26)18-7-4-6-17(14-18)15-29-21-31-20(28-10-5-12-34-13-11-27-16-34)32-22(33-21)30-19-8-2-1-3-9-19/h1-4,6-9,11,13-14,16H,5,10,12,15H2,(H3,28,29,30,31,32,33). The van der Waals surface area contributed by atoms with E-state index in [2.05, 4.69) is 35.9 Å². The van der Waals surface area contributed by atoms with Gasteiger partial charge in [-0.25, -0.2) is 4.98 Å². The van der Waals surface area contributed by atoms with Crippen molar-refractivity contribution >= 4 is 23.5 Å². The molecule has 0 saturated heterocycles. The van der Waals surface area contributed by atoms with Gasteiger partial charge in [0.2, 0.25) is 17.8 Å². The van der Waals surface area contributed by atoms with Crippen molar-refractivity contribution in [1.82, 2.24) is 24.5 Å². The molecule has 0 aliphatic rings. The van der Waals surface area contributed by atoms with Crippen LogP contribution in [0.15, 0.2) is 73.3 Å². The SMILES string of the molecule is FC(F)(F)c1cccc(CNc2nc(NCCCn3ccnc3)nc(Nc3ccccc3)n2)c1. The van der Waals surface area contributed by atoms with E-state index in [1.165, 1.54) is 6.07 Å². The highest BCUT2D eigenvalue weighted by atomic mass is 19.4. The number of benzene rings is 2. The molecule has 0 atom stereocenters. The van der Waals surface area contributed by atoms with Gasteiger partial charge < -0.3 is 20.5 Å². The molecule has 2 aromatic heterocycles. The van der Waals surface area contributed by atoms with Gasteiger partial charge in [-0.15, -0.1) is 0 Å². The first-order chi connectivity index (χ1) is 16.5. The molecule has 0 amide bonds. The first-order valence-corrected chi connectivity index (χ1v) is 10.6. The van der Waals surface area contributed by atoms with Crippen LogP contribution in [0, 0.1) is 0 Å². The normalized spacial score (nSPS) is 11.3. The molecule has 0 fully saturated rings. The van der Waals surface area contributed by atoms with Crippen molar-refractivity contribution in [2.24, 2.45) is 0 Å². The van der Waals surface area contributed by atoms with Gasteiger partial charge in [0.1, 0.15) is 0 Å². The molecule has 0 bridgehead atoms. The average Bonchev–Trinajstić information content (AvgIpc) is 3.34. The van der Waals surface area contributed by atoms with Crippen LogP contribution in [-0.4, -0.2) is 31.0 Å². The fourth-order valence-electron chi connectivity index (χ4n) is 3.16. The summed E-state index contributed by atoms with van der Waals surface area (Å²) in [5, 5.41) is 9.29. The minimum atomic E-state index is -4.40. The highest BCUT2D eigenvalue weighted by molar-refractivity contribution is 5.55. The molecular formula is C23H23F3N8. The lowest BCUT2D eigenvalue weighted by molar-refractivity contribution is -0.137. The van der Waals surface area contributed by atoms with Crippen molar-refractivity contribution in [2.75, 3.05) is 22.5 Å². The third-order valence-corrected chi connectivity index (χ3v) is 4.81. The maximum absolute atomic E-state index is 13.0. The number of hydrogen-bond acceptors (Lipinski definition) is 7. The molecule has 0 radical (unpaired) electrons. The fraction of sp³-hybridized carbons (Fsp3) is 0.217. The maximum Gasteiger partial charge on any atom is 0.416 e. The van der Waals surface area contributed by atoms with Gasteiger partial charge in [0, 0.05) is 37.7 Å². The molecule has 34 heavy (non-hydrogen) atoms. The van der Waals surface area contributed by atoms with E-state index in [0.29, 0.717) is 24.0 Å². The van der Waals surface area contributed by atoms with Crippen molar-refractivity contribution in [1.29, 1.82) is 0 Å². The molecular weight excluding hydrogens is 445 g/mol. The predicted molar refractivity (Wildman–Crippen MR) is 124 cm³/mol. The summed E-state index contributed by atoms with van der Waals surface area (Å²) in [6.45, 7) is 1.52. The van der Waals surface area contributed by atoms with E-state index in [0.717, 1.165) is 30.8 Å². The van der Waals surface area contributed by atoms with Crippen LogP contribution in [0.5, 0.6) is 0 Å². The topological polar surface area (TPSA) is 92.6 Å². The average molecular weight is 468 g/mol. The largest absolute Gasteiger partial charge is 0.416 e. The van der Waals surface area contributed by atoms with E-state index in [9.17, 15) is 13.2 Å². The van der Waals surface area contributed by atoms with E-state index >= 15 is 0 Å². The van der Waals surface area contributed by atoms with E-state index in [1.54, 1.807) is 18.6 Å². The molecule has 2 aromatic carbocycles. The number of anilines is 4. The highest BCUT2D eigenvalue weighted by Crippen LogP contribution is 2.29. The summed E-state index contributed by atoms with van der Waals surface area (Å²) in [7, 11) is 0. The number of aryl methyl sites for hydroxylation is 1. The monoisotopic (exact) mass is 468 g/mol.